The van der Waals surface area contributed by atoms with Crippen LogP contribution in [0.4, 0.5) is 0 Å². The molecule has 0 bridgehead atoms. The van der Waals surface area contributed by atoms with Crippen LogP contribution in [0.1, 0.15) is 26.5 Å². The van der Waals surface area contributed by atoms with Crippen molar-refractivity contribution in [1.82, 2.24) is 0 Å². The molecule has 1 N–H and O–H groups in total. The van der Waals surface area contributed by atoms with Gasteiger partial charge in [0.05, 0.1) is 13.5 Å². The van der Waals surface area contributed by atoms with Gasteiger partial charge in [0.15, 0.2) is 0 Å². The molecule has 0 aromatic carbocycles. The average molecular weight is 240 g/mol. The molecule has 0 amide bonds. The third-order valence-electron chi connectivity index (χ3n) is 1.95. The van der Waals surface area contributed by atoms with E-state index in [-0.39, 0.29) is 12.4 Å². The van der Waals surface area contributed by atoms with E-state index in [1.165, 1.54) is 18.4 Å². The van der Waals surface area contributed by atoms with Crippen LogP contribution in [0.3, 0.4) is 0 Å². The molecule has 0 radical (unpaired) electrons. The Morgan fingerprint density at radius 1 is 1.56 bits per heavy atom. The molecule has 1 aromatic heterocycles. The van der Waals surface area contributed by atoms with Crippen LogP contribution in [-0.2, 0) is 9.53 Å². The molecule has 0 aliphatic rings. The fourth-order valence-corrected chi connectivity index (χ4v) is 2.06. The molecule has 0 saturated carbocycles. The summed E-state index contributed by atoms with van der Waals surface area (Å²) in [5.41, 5.74) is 0.892. The van der Waals surface area contributed by atoms with Crippen molar-refractivity contribution in [2.75, 3.05) is 7.11 Å². The van der Waals surface area contributed by atoms with Gasteiger partial charge in [-0.3, -0.25) is 4.79 Å². The van der Waals surface area contributed by atoms with Gasteiger partial charge in [0.1, 0.15) is 4.88 Å². The van der Waals surface area contributed by atoms with Crippen molar-refractivity contribution in [2.45, 2.75) is 13.3 Å². The second-order valence-corrected chi connectivity index (χ2v) is 4.23. The molecule has 1 rings (SSSR count). The zero-order valence-corrected chi connectivity index (χ0v) is 9.84. The molecule has 16 heavy (non-hydrogen) atoms. The number of aromatic carboxylic acids is 1. The topological polar surface area (TPSA) is 63.6 Å². The Labute approximate surface area is 97.2 Å². The summed E-state index contributed by atoms with van der Waals surface area (Å²) in [7, 11) is 1.33. The number of aryl methyl sites for hydroxylation is 1. The van der Waals surface area contributed by atoms with Crippen molar-refractivity contribution in [1.29, 1.82) is 0 Å². The van der Waals surface area contributed by atoms with Gasteiger partial charge in [-0.05, 0) is 24.6 Å². The van der Waals surface area contributed by atoms with Crippen molar-refractivity contribution in [3.63, 3.8) is 0 Å². The number of carbonyl (C=O) groups excluding carboxylic acids is 1. The predicted octanol–water partition coefficient (Wildman–Crippen LogP) is 2.33. The van der Waals surface area contributed by atoms with Crippen molar-refractivity contribution in [2.24, 2.45) is 0 Å². The highest BCUT2D eigenvalue weighted by Crippen LogP contribution is 2.23. The molecule has 0 fully saturated rings. The normalized spacial score (nSPS) is 10.6. The van der Waals surface area contributed by atoms with E-state index in [0.29, 0.717) is 4.88 Å². The van der Waals surface area contributed by atoms with E-state index in [4.69, 9.17) is 5.11 Å². The fraction of sp³-hybridized carbons (Fsp3) is 0.273. The number of rotatable bonds is 4. The monoisotopic (exact) mass is 240 g/mol. The fourth-order valence-electron chi connectivity index (χ4n) is 1.11. The standard InChI is InChI=1S/C11H12O4S/c1-7-6-9(11(13)14)16-8(7)4-3-5-10(12)15-2/h3-4,6H,5H2,1-2H3,(H,13,14). The van der Waals surface area contributed by atoms with Crippen molar-refractivity contribution < 1.29 is 19.4 Å². The Kier molecular flexibility index (Phi) is 4.25. The highest BCUT2D eigenvalue weighted by Gasteiger charge is 2.08. The third-order valence-corrected chi connectivity index (χ3v) is 3.14. The molecule has 0 aliphatic heterocycles. The summed E-state index contributed by atoms with van der Waals surface area (Å²) in [5.74, 6) is -1.25. The summed E-state index contributed by atoms with van der Waals surface area (Å²) in [6.45, 7) is 1.83. The average Bonchev–Trinajstić information content (AvgIpc) is 2.60. The van der Waals surface area contributed by atoms with Crippen LogP contribution in [0.5, 0.6) is 0 Å². The van der Waals surface area contributed by atoms with Crippen LogP contribution in [0.25, 0.3) is 6.08 Å². The van der Waals surface area contributed by atoms with Crippen molar-refractivity contribution in [3.8, 4) is 0 Å². The van der Waals surface area contributed by atoms with Crippen molar-refractivity contribution in [3.05, 3.63) is 27.5 Å². The highest BCUT2D eigenvalue weighted by molar-refractivity contribution is 7.15. The Bertz CT molecular complexity index is 431. The lowest BCUT2D eigenvalue weighted by atomic mass is 10.2. The first kappa shape index (κ1) is 12.4. The van der Waals surface area contributed by atoms with Gasteiger partial charge < -0.3 is 9.84 Å². The lowest BCUT2D eigenvalue weighted by Gasteiger charge is -1.92. The van der Waals surface area contributed by atoms with Gasteiger partial charge in [-0.2, -0.15) is 0 Å². The summed E-state index contributed by atoms with van der Waals surface area (Å²) in [6.07, 6.45) is 3.59. The Hall–Kier alpha value is -1.62. The van der Waals surface area contributed by atoms with E-state index in [1.54, 1.807) is 18.2 Å². The first-order valence-electron chi connectivity index (χ1n) is 4.61. The van der Waals surface area contributed by atoms with Gasteiger partial charge in [0.25, 0.3) is 0 Å². The molecule has 1 heterocycles. The largest absolute Gasteiger partial charge is 0.477 e. The summed E-state index contributed by atoms with van der Waals surface area (Å²) < 4.78 is 4.48. The summed E-state index contributed by atoms with van der Waals surface area (Å²) >= 11 is 1.19. The molecule has 5 heteroatoms. The molecule has 0 spiro atoms. The Morgan fingerprint density at radius 3 is 2.75 bits per heavy atom. The number of hydrogen-bond acceptors (Lipinski definition) is 4. The van der Waals surface area contributed by atoms with Gasteiger partial charge in [-0.15, -0.1) is 11.3 Å². The number of ether oxygens (including phenoxy) is 1. The lowest BCUT2D eigenvalue weighted by Crippen LogP contribution is -1.96. The number of hydrogen-bond donors (Lipinski definition) is 1. The van der Waals surface area contributed by atoms with Crippen LogP contribution in [0.2, 0.25) is 0 Å². The van der Waals surface area contributed by atoms with Gasteiger partial charge in [0, 0.05) is 4.88 Å². The SMILES string of the molecule is COC(=O)CC=Cc1sc(C(=O)O)cc1C. The molecule has 0 unspecified atom stereocenters. The minimum atomic E-state index is -0.930. The molecule has 0 saturated heterocycles. The second-order valence-electron chi connectivity index (χ2n) is 3.15. The van der Waals surface area contributed by atoms with E-state index >= 15 is 0 Å². The number of esters is 1. The number of carboxylic acids is 1. The van der Waals surface area contributed by atoms with E-state index in [9.17, 15) is 9.59 Å². The lowest BCUT2D eigenvalue weighted by molar-refractivity contribution is -0.139. The van der Waals surface area contributed by atoms with Crippen LogP contribution in [-0.4, -0.2) is 24.2 Å². The minimum absolute atomic E-state index is 0.191. The maximum Gasteiger partial charge on any atom is 0.345 e. The van der Waals surface area contributed by atoms with Gasteiger partial charge in [-0.1, -0.05) is 6.08 Å². The smallest absolute Gasteiger partial charge is 0.345 e. The van der Waals surface area contributed by atoms with Crippen LogP contribution in [0, 0.1) is 6.92 Å². The summed E-state index contributed by atoms with van der Waals surface area (Å²) in [4.78, 5) is 22.7. The molecular formula is C11H12O4S. The van der Waals surface area contributed by atoms with Gasteiger partial charge in [-0.25, -0.2) is 4.79 Å². The second kappa shape index (κ2) is 5.46. The zero-order chi connectivity index (χ0) is 12.1. The van der Waals surface area contributed by atoms with Crippen LogP contribution >= 0.6 is 11.3 Å². The van der Waals surface area contributed by atoms with E-state index in [2.05, 4.69) is 4.74 Å². The maximum atomic E-state index is 10.8. The number of methoxy groups -OCH3 is 1. The third kappa shape index (κ3) is 3.20. The summed E-state index contributed by atoms with van der Waals surface area (Å²) in [5, 5.41) is 8.79. The Morgan fingerprint density at radius 2 is 2.25 bits per heavy atom. The molecule has 0 atom stereocenters. The first-order chi connectivity index (χ1) is 7.54. The molecule has 1 aromatic rings. The number of carboxylic acid groups (broad SMARTS) is 1. The molecule has 4 nitrogen and oxygen atoms in total. The highest BCUT2D eigenvalue weighted by atomic mass is 32.1. The molecule has 86 valence electrons. The zero-order valence-electron chi connectivity index (χ0n) is 9.02. The maximum absolute atomic E-state index is 10.8. The minimum Gasteiger partial charge on any atom is -0.477 e. The van der Waals surface area contributed by atoms with E-state index in [1.807, 2.05) is 6.92 Å². The van der Waals surface area contributed by atoms with Crippen LogP contribution < -0.4 is 0 Å². The molecule has 0 aliphatic carbocycles. The van der Waals surface area contributed by atoms with E-state index < -0.39 is 5.97 Å². The van der Waals surface area contributed by atoms with Crippen LogP contribution in [0.15, 0.2) is 12.1 Å². The number of thiophene rings is 1. The quantitative estimate of drug-likeness (QED) is 0.820. The van der Waals surface area contributed by atoms with E-state index in [0.717, 1.165) is 10.4 Å². The molecular weight excluding hydrogens is 228 g/mol. The summed E-state index contributed by atoms with van der Waals surface area (Å²) in [6, 6.07) is 1.62. The van der Waals surface area contributed by atoms with Crippen molar-refractivity contribution >= 4 is 29.4 Å². The Balaban J connectivity index is 2.74. The number of carbonyl (C=O) groups is 2. The van der Waals surface area contributed by atoms with Gasteiger partial charge >= 0.3 is 11.9 Å². The first-order valence-corrected chi connectivity index (χ1v) is 5.43. The van der Waals surface area contributed by atoms with Gasteiger partial charge in [0.2, 0.25) is 0 Å². The predicted molar refractivity (Wildman–Crippen MR) is 61.7 cm³/mol.